The van der Waals surface area contributed by atoms with Crippen LogP contribution < -0.4 is 9.62 Å². The van der Waals surface area contributed by atoms with E-state index in [4.69, 9.17) is 0 Å². The molecular weight excluding hydrogens is 481 g/mol. The van der Waals surface area contributed by atoms with E-state index >= 15 is 0 Å². The van der Waals surface area contributed by atoms with E-state index in [9.17, 15) is 22.4 Å². The number of aryl methyl sites for hydroxylation is 1. The summed E-state index contributed by atoms with van der Waals surface area (Å²) in [5, 5.41) is 3.06. The topological polar surface area (TPSA) is 86.8 Å². The minimum absolute atomic E-state index is 0.0576. The molecule has 196 valence electrons. The maximum atomic E-state index is 13.7. The summed E-state index contributed by atoms with van der Waals surface area (Å²) >= 11 is 0. The Morgan fingerprint density at radius 3 is 2.11 bits per heavy atom. The van der Waals surface area contributed by atoms with E-state index < -0.39 is 34.3 Å². The molecule has 1 unspecified atom stereocenters. The molecule has 1 fully saturated rings. The SMILES string of the molecule is CCc1ccc(N(CC(=O)N(Cc2ccc(F)cc2)C(CC)C(=O)NC2CCCC2)S(C)(=O)=O)cc1. The van der Waals surface area contributed by atoms with Crippen molar-refractivity contribution in [2.75, 3.05) is 17.1 Å². The van der Waals surface area contributed by atoms with Crippen molar-refractivity contribution in [2.24, 2.45) is 0 Å². The monoisotopic (exact) mass is 517 g/mol. The predicted octanol–water partition coefficient (Wildman–Crippen LogP) is 4.02. The fraction of sp³-hybridized carbons (Fsp3) is 0.481. The molecule has 0 heterocycles. The number of carbonyl (C=O) groups is 2. The zero-order chi connectivity index (χ0) is 26.3. The molecule has 1 saturated carbocycles. The van der Waals surface area contributed by atoms with Gasteiger partial charge in [-0.1, -0.05) is 51.0 Å². The largest absolute Gasteiger partial charge is 0.352 e. The molecule has 1 atom stereocenters. The van der Waals surface area contributed by atoms with Crippen LogP contribution in [0.25, 0.3) is 0 Å². The number of halogens is 1. The molecule has 36 heavy (non-hydrogen) atoms. The Kier molecular flexibility index (Phi) is 9.48. The van der Waals surface area contributed by atoms with Crippen molar-refractivity contribution in [3.05, 3.63) is 65.5 Å². The number of sulfonamides is 1. The maximum absolute atomic E-state index is 13.7. The highest BCUT2D eigenvalue weighted by atomic mass is 32.2. The van der Waals surface area contributed by atoms with Crippen LogP contribution in [-0.2, 0) is 32.6 Å². The predicted molar refractivity (Wildman–Crippen MR) is 139 cm³/mol. The van der Waals surface area contributed by atoms with E-state index in [1.54, 1.807) is 24.3 Å². The third-order valence-electron chi connectivity index (χ3n) is 6.67. The fourth-order valence-electron chi connectivity index (χ4n) is 4.59. The van der Waals surface area contributed by atoms with Gasteiger partial charge in [0.05, 0.1) is 11.9 Å². The number of hydrogen-bond acceptors (Lipinski definition) is 4. The van der Waals surface area contributed by atoms with E-state index in [0.29, 0.717) is 17.7 Å². The lowest BCUT2D eigenvalue weighted by molar-refractivity contribution is -0.140. The molecule has 3 rings (SSSR count). The van der Waals surface area contributed by atoms with E-state index in [2.05, 4.69) is 5.32 Å². The number of nitrogens with one attached hydrogen (secondary N) is 1. The highest BCUT2D eigenvalue weighted by molar-refractivity contribution is 7.92. The van der Waals surface area contributed by atoms with Gasteiger partial charge in [-0.25, -0.2) is 12.8 Å². The number of nitrogens with zero attached hydrogens (tertiary/aromatic N) is 2. The fourth-order valence-corrected chi connectivity index (χ4v) is 5.43. The van der Waals surface area contributed by atoms with Crippen molar-refractivity contribution in [1.29, 1.82) is 0 Å². The first kappa shape index (κ1) is 27.6. The van der Waals surface area contributed by atoms with Crippen LogP contribution in [0.4, 0.5) is 10.1 Å². The van der Waals surface area contributed by atoms with Crippen molar-refractivity contribution in [3.8, 4) is 0 Å². The number of benzene rings is 2. The normalized spacial score (nSPS) is 14.9. The highest BCUT2D eigenvalue weighted by Gasteiger charge is 2.33. The molecular formula is C27H36FN3O4S. The number of rotatable bonds is 11. The Hall–Kier alpha value is -2.94. The molecule has 7 nitrogen and oxygen atoms in total. The second kappa shape index (κ2) is 12.3. The Morgan fingerprint density at radius 1 is 1.00 bits per heavy atom. The van der Waals surface area contributed by atoms with Gasteiger partial charge in [0, 0.05) is 12.6 Å². The first-order chi connectivity index (χ1) is 17.1. The quantitative estimate of drug-likeness (QED) is 0.488. The van der Waals surface area contributed by atoms with Gasteiger partial charge >= 0.3 is 0 Å². The number of carbonyl (C=O) groups excluding carboxylic acids is 2. The molecule has 9 heteroatoms. The first-order valence-corrected chi connectivity index (χ1v) is 14.4. The van der Waals surface area contributed by atoms with E-state index in [-0.39, 0.29) is 18.5 Å². The van der Waals surface area contributed by atoms with Crippen LogP contribution in [0, 0.1) is 5.82 Å². The summed E-state index contributed by atoms with van der Waals surface area (Å²) in [7, 11) is -3.78. The van der Waals surface area contributed by atoms with Crippen LogP contribution in [-0.4, -0.2) is 50.0 Å². The third-order valence-corrected chi connectivity index (χ3v) is 7.81. The summed E-state index contributed by atoms with van der Waals surface area (Å²) < 4.78 is 39.9. The van der Waals surface area contributed by atoms with Crippen LogP contribution in [0.2, 0.25) is 0 Å². The molecule has 1 aliphatic rings. The van der Waals surface area contributed by atoms with Gasteiger partial charge < -0.3 is 10.2 Å². The van der Waals surface area contributed by atoms with E-state index in [1.165, 1.54) is 17.0 Å². The Labute approximate surface area is 213 Å². The van der Waals surface area contributed by atoms with Gasteiger partial charge in [0.15, 0.2) is 0 Å². The smallest absolute Gasteiger partial charge is 0.244 e. The summed E-state index contributed by atoms with van der Waals surface area (Å²) in [6, 6.07) is 12.1. The molecule has 0 spiro atoms. The van der Waals surface area contributed by atoms with Gasteiger partial charge in [-0.15, -0.1) is 0 Å². The van der Waals surface area contributed by atoms with Crippen molar-refractivity contribution < 1.29 is 22.4 Å². The van der Waals surface area contributed by atoms with Crippen LogP contribution in [0.5, 0.6) is 0 Å². The molecule has 0 bridgehead atoms. The second-order valence-electron chi connectivity index (χ2n) is 9.35. The third kappa shape index (κ3) is 7.29. The van der Waals surface area contributed by atoms with Crippen LogP contribution in [0.15, 0.2) is 48.5 Å². The summed E-state index contributed by atoms with van der Waals surface area (Å²) in [6.07, 6.45) is 6.14. The van der Waals surface area contributed by atoms with E-state index in [0.717, 1.165) is 48.2 Å². The van der Waals surface area contributed by atoms with Crippen LogP contribution in [0.3, 0.4) is 0 Å². The molecule has 0 saturated heterocycles. The number of anilines is 1. The Morgan fingerprint density at radius 2 is 1.58 bits per heavy atom. The van der Waals surface area contributed by atoms with Crippen LogP contribution >= 0.6 is 0 Å². The average Bonchev–Trinajstić information content (AvgIpc) is 3.36. The van der Waals surface area contributed by atoms with E-state index in [1.807, 2.05) is 26.0 Å². The first-order valence-electron chi connectivity index (χ1n) is 12.5. The van der Waals surface area contributed by atoms with Gasteiger partial charge in [-0.2, -0.15) is 0 Å². The molecule has 0 aliphatic heterocycles. The van der Waals surface area contributed by atoms with Gasteiger partial charge in [0.2, 0.25) is 21.8 Å². The number of amides is 2. The second-order valence-corrected chi connectivity index (χ2v) is 11.3. The van der Waals surface area contributed by atoms with Crippen molar-refractivity contribution in [1.82, 2.24) is 10.2 Å². The Bertz CT molecular complexity index is 1130. The Balaban J connectivity index is 1.90. The van der Waals surface area contributed by atoms with Crippen molar-refractivity contribution >= 4 is 27.5 Å². The van der Waals surface area contributed by atoms with Gasteiger partial charge in [-0.3, -0.25) is 13.9 Å². The molecule has 0 radical (unpaired) electrons. The molecule has 2 amide bonds. The minimum Gasteiger partial charge on any atom is -0.352 e. The molecule has 1 aliphatic carbocycles. The lowest BCUT2D eigenvalue weighted by atomic mass is 10.1. The molecule has 2 aromatic rings. The molecule has 0 aromatic heterocycles. The lowest BCUT2D eigenvalue weighted by Crippen LogP contribution is -2.53. The summed E-state index contributed by atoms with van der Waals surface area (Å²) in [6.45, 7) is 3.43. The average molecular weight is 518 g/mol. The molecule has 1 N–H and O–H groups in total. The van der Waals surface area contributed by atoms with Gasteiger partial charge in [0.1, 0.15) is 18.4 Å². The number of hydrogen-bond donors (Lipinski definition) is 1. The van der Waals surface area contributed by atoms with Crippen molar-refractivity contribution in [2.45, 2.75) is 71.0 Å². The minimum atomic E-state index is -3.78. The summed E-state index contributed by atoms with van der Waals surface area (Å²) in [5.74, 6) is -1.16. The maximum Gasteiger partial charge on any atom is 0.244 e. The zero-order valence-electron chi connectivity index (χ0n) is 21.2. The van der Waals surface area contributed by atoms with Crippen molar-refractivity contribution in [3.63, 3.8) is 0 Å². The summed E-state index contributed by atoms with van der Waals surface area (Å²) in [4.78, 5) is 28.3. The van der Waals surface area contributed by atoms with Crippen LogP contribution in [0.1, 0.15) is 57.1 Å². The highest BCUT2D eigenvalue weighted by Crippen LogP contribution is 2.22. The standard InChI is InChI=1S/C27H36FN3O4S/c1-4-20-12-16-24(17-13-20)31(36(3,34)35)19-26(32)30(18-21-10-14-22(28)15-11-21)25(5-2)27(33)29-23-8-6-7-9-23/h10-17,23,25H,4-9,18-19H2,1-3H3,(H,29,33). The lowest BCUT2D eigenvalue weighted by Gasteiger charge is -2.33. The molecule has 2 aromatic carbocycles. The zero-order valence-corrected chi connectivity index (χ0v) is 22.1. The van der Waals surface area contributed by atoms with Gasteiger partial charge in [0.25, 0.3) is 0 Å². The van der Waals surface area contributed by atoms with Gasteiger partial charge in [-0.05, 0) is 61.1 Å². The summed E-state index contributed by atoms with van der Waals surface area (Å²) in [5.41, 5.74) is 2.08.